The van der Waals surface area contributed by atoms with Crippen molar-refractivity contribution >= 4 is 24.9 Å². The summed E-state index contributed by atoms with van der Waals surface area (Å²) in [5.41, 5.74) is 3.47. The fourth-order valence-corrected chi connectivity index (χ4v) is 2.38. The van der Waals surface area contributed by atoms with E-state index in [0.29, 0.717) is 26.2 Å². The molecule has 0 unspecified atom stereocenters. The first-order chi connectivity index (χ1) is 11.9. The van der Waals surface area contributed by atoms with E-state index in [0.717, 1.165) is 49.0 Å². The molecule has 0 saturated carbocycles. The zero-order valence-corrected chi connectivity index (χ0v) is 13.6. The van der Waals surface area contributed by atoms with E-state index in [9.17, 15) is 0 Å². The van der Waals surface area contributed by atoms with Crippen molar-refractivity contribution in [2.75, 3.05) is 26.2 Å². The summed E-state index contributed by atoms with van der Waals surface area (Å²) in [6, 6.07) is 0. The summed E-state index contributed by atoms with van der Waals surface area (Å²) < 4.78 is 0. The molecule has 0 radical (unpaired) electrons. The van der Waals surface area contributed by atoms with Crippen molar-refractivity contribution in [1.82, 2.24) is 20.6 Å². The largest absolute Gasteiger partial charge is 0.307 e. The fourth-order valence-electron chi connectivity index (χ4n) is 2.38. The second-order valence-corrected chi connectivity index (χ2v) is 5.42. The molecule has 2 aliphatic heterocycles. The van der Waals surface area contributed by atoms with E-state index in [1.165, 1.54) is 0 Å². The lowest BCUT2D eigenvalue weighted by atomic mass is 10.2. The monoisotopic (exact) mass is 326 g/mol. The zero-order valence-electron chi connectivity index (χ0n) is 13.6. The van der Waals surface area contributed by atoms with Crippen molar-refractivity contribution in [2.24, 2.45) is 20.0 Å². The van der Waals surface area contributed by atoms with Crippen LogP contribution in [-0.4, -0.2) is 61.0 Å². The van der Waals surface area contributed by atoms with Crippen LogP contribution in [-0.2, 0) is 26.2 Å². The van der Waals surface area contributed by atoms with Crippen LogP contribution < -0.4 is 10.6 Å². The summed E-state index contributed by atoms with van der Waals surface area (Å²) in [5.74, 6) is 0. The summed E-state index contributed by atoms with van der Waals surface area (Å²) in [5, 5.41) is 6.47. The van der Waals surface area contributed by atoms with Crippen LogP contribution in [0.25, 0.3) is 0 Å². The Morgan fingerprint density at radius 2 is 0.792 bits per heavy atom. The van der Waals surface area contributed by atoms with E-state index in [2.05, 4.69) is 30.6 Å². The van der Waals surface area contributed by atoms with Gasteiger partial charge in [0.1, 0.15) is 0 Å². The molecule has 126 valence electrons. The van der Waals surface area contributed by atoms with Gasteiger partial charge in [0.05, 0.1) is 49.0 Å². The van der Waals surface area contributed by atoms with Gasteiger partial charge in [-0.05, 0) is 0 Å². The number of rotatable bonds is 0. The van der Waals surface area contributed by atoms with E-state index in [4.69, 9.17) is 9.97 Å². The van der Waals surface area contributed by atoms with Gasteiger partial charge in [-0.1, -0.05) is 0 Å². The van der Waals surface area contributed by atoms with Crippen LogP contribution in [0, 0.1) is 0 Å². The highest BCUT2D eigenvalue weighted by atomic mass is 15.0. The molecule has 0 spiro atoms. The van der Waals surface area contributed by atoms with Gasteiger partial charge in [0.15, 0.2) is 0 Å². The molecule has 0 aliphatic carbocycles. The Kier molecular flexibility index (Phi) is 6.26. The average Bonchev–Trinajstić information content (AvgIpc) is 2.57. The second-order valence-electron chi connectivity index (χ2n) is 5.42. The molecule has 3 rings (SSSR count). The van der Waals surface area contributed by atoms with Gasteiger partial charge in [-0.2, -0.15) is 0 Å². The van der Waals surface area contributed by atoms with Crippen molar-refractivity contribution in [3.8, 4) is 0 Å². The second kappa shape index (κ2) is 9.09. The van der Waals surface area contributed by atoms with Gasteiger partial charge in [0, 0.05) is 51.0 Å². The molecule has 8 nitrogen and oxygen atoms in total. The highest BCUT2D eigenvalue weighted by Crippen LogP contribution is 2.14. The molecule has 0 saturated heterocycles. The summed E-state index contributed by atoms with van der Waals surface area (Å²) >= 11 is 0. The normalized spacial score (nSPS) is 19.0. The first-order valence-corrected chi connectivity index (χ1v) is 8.15. The van der Waals surface area contributed by atoms with Crippen LogP contribution in [0.5, 0.6) is 0 Å². The fraction of sp³-hybridized carbons (Fsp3) is 0.500. The third-order valence-electron chi connectivity index (χ3n) is 3.63. The molecule has 8 heteroatoms. The molecule has 0 fully saturated rings. The van der Waals surface area contributed by atoms with Crippen molar-refractivity contribution in [2.45, 2.75) is 26.2 Å². The number of hydrogen-bond acceptors (Lipinski definition) is 8. The number of fused-ring (bicyclic) bond motifs is 6. The maximum absolute atomic E-state index is 4.78. The number of aromatic nitrogens is 2. The maximum atomic E-state index is 4.78. The van der Waals surface area contributed by atoms with Crippen molar-refractivity contribution in [3.05, 3.63) is 22.8 Å². The van der Waals surface area contributed by atoms with Crippen molar-refractivity contribution in [1.29, 1.82) is 0 Å². The average molecular weight is 326 g/mol. The lowest BCUT2D eigenvalue weighted by molar-refractivity contribution is 0.777. The van der Waals surface area contributed by atoms with Crippen LogP contribution in [0.4, 0.5) is 0 Å². The third-order valence-corrected chi connectivity index (χ3v) is 3.63. The van der Waals surface area contributed by atoms with E-state index in [-0.39, 0.29) is 0 Å². The molecule has 0 aromatic carbocycles. The maximum Gasteiger partial charge on any atom is 0.0856 e. The van der Waals surface area contributed by atoms with E-state index in [1.807, 2.05) is 24.9 Å². The minimum Gasteiger partial charge on any atom is -0.307 e. The minimum absolute atomic E-state index is 0.512. The molecule has 1 aromatic heterocycles. The molecule has 0 amide bonds. The van der Waals surface area contributed by atoms with E-state index in [1.54, 1.807) is 0 Å². The quantitative estimate of drug-likeness (QED) is 0.699. The van der Waals surface area contributed by atoms with Gasteiger partial charge in [0.25, 0.3) is 0 Å². The molecule has 3 heterocycles. The summed E-state index contributed by atoms with van der Waals surface area (Å²) in [4.78, 5) is 27.3. The van der Waals surface area contributed by atoms with Crippen molar-refractivity contribution in [3.63, 3.8) is 0 Å². The Bertz CT molecular complexity index is 554. The Labute approximate surface area is 141 Å². The van der Waals surface area contributed by atoms with Gasteiger partial charge in [-0.3, -0.25) is 20.0 Å². The van der Waals surface area contributed by atoms with Gasteiger partial charge in [0.2, 0.25) is 0 Å². The highest BCUT2D eigenvalue weighted by molar-refractivity contribution is 5.64. The minimum atomic E-state index is 0.512. The highest BCUT2D eigenvalue weighted by Gasteiger charge is 2.13. The lowest BCUT2D eigenvalue weighted by Crippen LogP contribution is -2.20. The van der Waals surface area contributed by atoms with Gasteiger partial charge in [-0.25, -0.2) is 9.97 Å². The van der Waals surface area contributed by atoms with Crippen LogP contribution in [0.15, 0.2) is 20.0 Å². The molecule has 2 aliphatic rings. The molecule has 0 atom stereocenters. The zero-order chi connectivity index (χ0) is 16.5. The standard InChI is InChI=1S/C16H22N8/c1-5-19-9-13-14-11-21-7-3-18-4-8-22-12-16(24-14)15(23-13)10-20-6-2-17-1/h5-8,17-18H,1-4,9-12H2. The molecular weight excluding hydrogens is 304 g/mol. The van der Waals surface area contributed by atoms with Crippen LogP contribution in [0.2, 0.25) is 0 Å². The Morgan fingerprint density at radius 3 is 1.08 bits per heavy atom. The van der Waals surface area contributed by atoms with Crippen LogP contribution >= 0.6 is 0 Å². The molecule has 4 bridgehead atoms. The SMILES string of the molecule is C1=NCc2nc(c3nc2CN=CCNCC=NC3)CN=CCNC1. The number of aliphatic imine (C=N–C) groups is 4. The van der Waals surface area contributed by atoms with Crippen LogP contribution in [0.1, 0.15) is 22.8 Å². The van der Waals surface area contributed by atoms with Crippen molar-refractivity contribution < 1.29 is 0 Å². The topological polar surface area (TPSA) is 99.3 Å². The number of nitrogens with zero attached hydrogens (tertiary/aromatic N) is 6. The first kappa shape index (κ1) is 16.5. The lowest BCUT2D eigenvalue weighted by Gasteiger charge is -2.12. The van der Waals surface area contributed by atoms with Crippen LogP contribution in [0.3, 0.4) is 0 Å². The predicted octanol–water partition coefficient (Wildman–Crippen LogP) is -0.0338. The molecular formula is C16H22N8. The van der Waals surface area contributed by atoms with Gasteiger partial charge >= 0.3 is 0 Å². The van der Waals surface area contributed by atoms with E-state index >= 15 is 0 Å². The van der Waals surface area contributed by atoms with Gasteiger partial charge < -0.3 is 10.6 Å². The third kappa shape index (κ3) is 4.84. The molecule has 2 N–H and O–H groups in total. The first-order valence-electron chi connectivity index (χ1n) is 8.15. The van der Waals surface area contributed by atoms with E-state index < -0.39 is 0 Å². The van der Waals surface area contributed by atoms with Gasteiger partial charge in [-0.15, -0.1) is 0 Å². The summed E-state index contributed by atoms with van der Waals surface area (Å²) in [6.07, 6.45) is 7.46. The predicted molar refractivity (Wildman–Crippen MR) is 96.6 cm³/mol. The molecule has 1 aromatic rings. The smallest absolute Gasteiger partial charge is 0.0856 e. The summed E-state index contributed by atoms with van der Waals surface area (Å²) in [7, 11) is 0. The number of hydrogen-bond donors (Lipinski definition) is 2. The molecule has 24 heavy (non-hydrogen) atoms. The Hall–Kier alpha value is -2.32. The Morgan fingerprint density at radius 1 is 0.500 bits per heavy atom. The summed E-state index contributed by atoms with van der Waals surface area (Å²) in [6.45, 7) is 4.93. The number of nitrogens with one attached hydrogen (secondary N) is 2. The Balaban J connectivity index is 1.97.